The summed E-state index contributed by atoms with van der Waals surface area (Å²) in [5.74, 6) is -0.0486. The van der Waals surface area contributed by atoms with Gasteiger partial charge in [-0.15, -0.1) is 0 Å². The van der Waals surface area contributed by atoms with Crippen molar-refractivity contribution in [3.63, 3.8) is 0 Å². The van der Waals surface area contributed by atoms with Crippen LogP contribution in [-0.4, -0.2) is 37.5 Å². The zero-order valence-electron chi connectivity index (χ0n) is 18.5. The van der Waals surface area contributed by atoms with Crippen molar-refractivity contribution < 1.29 is 4.79 Å². The van der Waals surface area contributed by atoms with Crippen molar-refractivity contribution in [2.75, 3.05) is 26.0 Å². The van der Waals surface area contributed by atoms with Gasteiger partial charge >= 0.3 is 0 Å². The van der Waals surface area contributed by atoms with Crippen LogP contribution in [0.4, 0.5) is 5.69 Å². The summed E-state index contributed by atoms with van der Waals surface area (Å²) in [5, 5.41) is 8.46. The number of anilines is 1. The number of aryl methyl sites for hydroxylation is 1. The van der Waals surface area contributed by atoms with Gasteiger partial charge in [0.05, 0.1) is 0 Å². The molecule has 1 unspecified atom stereocenters. The monoisotopic (exact) mass is 403 g/mol. The maximum Gasteiger partial charge on any atom is 0.251 e. The van der Waals surface area contributed by atoms with E-state index in [9.17, 15) is 4.79 Å². The van der Waals surface area contributed by atoms with Gasteiger partial charge < -0.3 is 15.5 Å². The summed E-state index contributed by atoms with van der Waals surface area (Å²) in [5.41, 5.74) is 3.74. The molecule has 1 heterocycles. The van der Waals surface area contributed by atoms with Gasteiger partial charge in [-0.3, -0.25) is 4.79 Å². The minimum Gasteiger partial charge on any atom is -0.388 e. The van der Waals surface area contributed by atoms with Crippen LogP contribution in [-0.2, 0) is 6.54 Å². The van der Waals surface area contributed by atoms with Crippen molar-refractivity contribution in [3.05, 3.63) is 77.4 Å². The summed E-state index contributed by atoms with van der Waals surface area (Å²) in [6.07, 6.45) is 2.80. The predicted molar refractivity (Wildman–Crippen MR) is 127 cm³/mol. The van der Waals surface area contributed by atoms with E-state index >= 15 is 0 Å². The molecule has 0 aliphatic carbocycles. The number of fused-ring (bicyclic) bond motifs is 1. The number of amides is 1. The van der Waals surface area contributed by atoms with Crippen LogP contribution in [0.3, 0.4) is 0 Å². The largest absolute Gasteiger partial charge is 0.388 e. The number of nitrogens with one attached hydrogen (secondary N) is 2. The van der Waals surface area contributed by atoms with Gasteiger partial charge in [0.25, 0.3) is 5.91 Å². The number of likely N-dealkylation sites (tertiary alicyclic amines) is 1. The van der Waals surface area contributed by atoms with Gasteiger partial charge in [-0.05, 0) is 74.3 Å². The summed E-state index contributed by atoms with van der Waals surface area (Å²) in [7, 11) is 4.04. The Morgan fingerprint density at radius 3 is 2.53 bits per heavy atom. The number of carbonyl (C=O) groups excluding carboxylic acids is 1. The Bertz CT molecular complexity index is 985. The third-order valence-electron chi connectivity index (χ3n) is 5.98. The second kappa shape index (κ2) is 10.3. The summed E-state index contributed by atoms with van der Waals surface area (Å²) in [4.78, 5) is 14.9. The molecule has 4 nitrogen and oxygen atoms in total. The molecule has 1 fully saturated rings. The fourth-order valence-corrected chi connectivity index (χ4v) is 3.82. The molecular weight excluding hydrogens is 370 g/mol. The first-order valence-electron chi connectivity index (χ1n) is 10.7. The van der Waals surface area contributed by atoms with Crippen molar-refractivity contribution >= 4 is 22.4 Å². The number of carbonyl (C=O) groups is 1. The van der Waals surface area contributed by atoms with Crippen molar-refractivity contribution in [1.82, 2.24) is 10.2 Å². The first-order valence-corrected chi connectivity index (χ1v) is 10.7. The van der Waals surface area contributed by atoms with E-state index < -0.39 is 0 Å². The number of benzene rings is 3. The van der Waals surface area contributed by atoms with E-state index in [2.05, 4.69) is 53.8 Å². The van der Waals surface area contributed by atoms with Gasteiger partial charge in [0.2, 0.25) is 0 Å². The summed E-state index contributed by atoms with van der Waals surface area (Å²) >= 11 is 0. The Kier molecular flexibility index (Phi) is 7.47. The van der Waals surface area contributed by atoms with Crippen LogP contribution >= 0.6 is 0 Å². The standard InChI is InChI=1S/C20H20N2O.C6H13N/c1-14-10-11-17(21-2)12-19(14)20(23)22-13-16-8-5-7-15-6-3-4-9-18(15)16;1-6-4-3-5-7(6)2/h3-12,21H,13H2,1-2H3,(H,22,23);6H,3-5H2,1-2H3. The molecule has 2 N–H and O–H groups in total. The molecule has 1 aliphatic rings. The highest BCUT2D eigenvalue weighted by molar-refractivity contribution is 5.97. The Balaban J connectivity index is 0.000000310. The van der Waals surface area contributed by atoms with Crippen LogP contribution in [0.25, 0.3) is 10.8 Å². The second-order valence-corrected chi connectivity index (χ2v) is 8.07. The van der Waals surface area contributed by atoms with Gasteiger partial charge in [-0.1, -0.05) is 48.5 Å². The summed E-state index contributed by atoms with van der Waals surface area (Å²) < 4.78 is 0. The zero-order valence-corrected chi connectivity index (χ0v) is 18.5. The van der Waals surface area contributed by atoms with Crippen LogP contribution in [0.15, 0.2) is 60.7 Å². The Morgan fingerprint density at radius 2 is 1.87 bits per heavy atom. The highest BCUT2D eigenvalue weighted by Gasteiger charge is 2.14. The van der Waals surface area contributed by atoms with E-state index in [4.69, 9.17) is 0 Å². The molecule has 30 heavy (non-hydrogen) atoms. The number of hydrogen-bond acceptors (Lipinski definition) is 3. The number of nitrogens with zero attached hydrogens (tertiary/aromatic N) is 1. The van der Waals surface area contributed by atoms with Gasteiger partial charge in [0.15, 0.2) is 0 Å². The Morgan fingerprint density at radius 1 is 1.10 bits per heavy atom. The fraction of sp³-hybridized carbons (Fsp3) is 0.346. The molecule has 3 aromatic carbocycles. The molecule has 0 bridgehead atoms. The highest BCUT2D eigenvalue weighted by atomic mass is 16.1. The lowest BCUT2D eigenvalue weighted by Crippen LogP contribution is -2.23. The lowest BCUT2D eigenvalue weighted by atomic mass is 10.0. The van der Waals surface area contributed by atoms with E-state index in [1.54, 1.807) is 0 Å². The zero-order chi connectivity index (χ0) is 21.5. The van der Waals surface area contributed by atoms with Crippen LogP contribution in [0, 0.1) is 6.92 Å². The van der Waals surface area contributed by atoms with E-state index in [0.717, 1.165) is 22.9 Å². The third kappa shape index (κ3) is 5.39. The molecule has 1 amide bonds. The average molecular weight is 404 g/mol. The quantitative estimate of drug-likeness (QED) is 0.628. The third-order valence-corrected chi connectivity index (χ3v) is 5.98. The minimum absolute atomic E-state index is 0.0486. The molecule has 0 spiro atoms. The topological polar surface area (TPSA) is 44.4 Å². The number of rotatable bonds is 4. The maximum absolute atomic E-state index is 12.5. The normalized spacial score (nSPS) is 16.1. The Hall–Kier alpha value is -2.85. The van der Waals surface area contributed by atoms with Crippen LogP contribution in [0.1, 0.15) is 41.3 Å². The molecule has 3 aromatic rings. The predicted octanol–water partition coefficient (Wildman–Crippen LogP) is 5.22. The van der Waals surface area contributed by atoms with Crippen molar-refractivity contribution in [3.8, 4) is 0 Å². The Labute approximate surface area is 180 Å². The number of hydrogen-bond donors (Lipinski definition) is 2. The fourth-order valence-electron chi connectivity index (χ4n) is 3.82. The molecule has 0 aromatic heterocycles. The smallest absolute Gasteiger partial charge is 0.251 e. The lowest BCUT2D eigenvalue weighted by Gasteiger charge is -2.12. The molecule has 1 aliphatic heterocycles. The first-order chi connectivity index (χ1) is 14.5. The van der Waals surface area contributed by atoms with Gasteiger partial charge in [0, 0.05) is 30.9 Å². The molecule has 0 saturated carbocycles. The van der Waals surface area contributed by atoms with Gasteiger partial charge in [-0.25, -0.2) is 0 Å². The van der Waals surface area contributed by atoms with Crippen LogP contribution in [0.5, 0.6) is 0 Å². The van der Waals surface area contributed by atoms with E-state index in [-0.39, 0.29) is 5.91 Å². The van der Waals surface area contributed by atoms with Gasteiger partial charge in [0.1, 0.15) is 0 Å². The van der Waals surface area contributed by atoms with Crippen LogP contribution < -0.4 is 10.6 Å². The second-order valence-electron chi connectivity index (χ2n) is 8.07. The van der Waals surface area contributed by atoms with E-state index in [0.29, 0.717) is 12.1 Å². The van der Waals surface area contributed by atoms with Crippen molar-refractivity contribution in [2.45, 2.75) is 39.3 Å². The SMILES string of the molecule is CC1CCCN1C.CNc1ccc(C)c(C(=O)NCc2cccc3ccccc23)c1. The molecule has 158 valence electrons. The molecular formula is C26H33N3O. The van der Waals surface area contributed by atoms with Gasteiger partial charge in [-0.2, -0.15) is 0 Å². The highest BCUT2D eigenvalue weighted by Crippen LogP contribution is 2.19. The molecule has 0 radical (unpaired) electrons. The molecule has 4 rings (SSSR count). The van der Waals surface area contributed by atoms with E-state index in [1.807, 2.05) is 50.4 Å². The average Bonchev–Trinajstić information content (AvgIpc) is 3.15. The maximum atomic E-state index is 12.5. The minimum atomic E-state index is -0.0486. The van der Waals surface area contributed by atoms with E-state index in [1.165, 1.54) is 30.2 Å². The lowest BCUT2D eigenvalue weighted by molar-refractivity contribution is 0.0950. The first kappa shape index (κ1) is 21.8. The van der Waals surface area contributed by atoms with Crippen molar-refractivity contribution in [1.29, 1.82) is 0 Å². The summed E-state index contributed by atoms with van der Waals surface area (Å²) in [6, 6.07) is 21.0. The van der Waals surface area contributed by atoms with Crippen molar-refractivity contribution in [2.24, 2.45) is 0 Å². The molecule has 4 heteroatoms. The summed E-state index contributed by atoms with van der Waals surface area (Å²) in [6.45, 7) is 6.06. The molecule has 1 atom stereocenters. The molecule has 1 saturated heterocycles. The van der Waals surface area contributed by atoms with Crippen LogP contribution in [0.2, 0.25) is 0 Å².